The van der Waals surface area contributed by atoms with Crippen molar-refractivity contribution in [3.8, 4) is 0 Å². The molecule has 1 saturated heterocycles. The molecule has 0 aromatic carbocycles. The molecule has 1 heterocycles. The number of hydrogen-bond acceptors (Lipinski definition) is 1. The van der Waals surface area contributed by atoms with Crippen LogP contribution in [0.4, 0.5) is 0 Å². The third-order valence-corrected chi connectivity index (χ3v) is 3.85. The quantitative estimate of drug-likeness (QED) is 0.624. The molecule has 1 nitrogen and oxygen atoms in total. The first kappa shape index (κ1) is 9.79. The van der Waals surface area contributed by atoms with Crippen molar-refractivity contribution in [3.63, 3.8) is 0 Å². The molecule has 2 heteroatoms. The van der Waals surface area contributed by atoms with Gasteiger partial charge in [0.25, 0.3) is 0 Å². The lowest BCUT2D eigenvalue weighted by molar-refractivity contribution is -0.0832. The first-order valence-electron chi connectivity index (χ1n) is 5.46. The molecule has 0 N–H and O–H groups in total. The molecule has 0 aromatic heterocycles. The molecule has 2 fully saturated rings. The predicted molar refractivity (Wildman–Crippen MR) is 55.2 cm³/mol. The van der Waals surface area contributed by atoms with E-state index in [0.717, 1.165) is 25.4 Å². The maximum atomic E-state index is 6.17. The minimum atomic E-state index is 0.0930. The molecule has 76 valence electrons. The fourth-order valence-corrected chi connectivity index (χ4v) is 2.93. The molecule has 2 rings (SSSR count). The minimum Gasteiger partial charge on any atom is -0.375 e. The molecule has 0 aromatic rings. The molecule has 0 radical (unpaired) electrons. The normalized spacial score (nSPS) is 41.5. The van der Waals surface area contributed by atoms with Gasteiger partial charge in [-0.2, -0.15) is 0 Å². The molecular formula is C11H19ClO. The average molecular weight is 203 g/mol. The lowest BCUT2D eigenvalue weighted by atomic mass is 9.76. The summed E-state index contributed by atoms with van der Waals surface area (Å²) in [6.07, 6.45) is 7.55. The largest absolute Gasteiger partial charge is 0.375 e. The Hall–Kier alpha value is 0.250. The van der Waals surface area contributed by atoms with Gasteiger partial charge in [-0.1, -0.05) is 19.3 Å². The Morgan fingerprint density at radius 3 is 2.69 bits per heavy atom. The second-order valence-corrected chi connectivity index (χ2v) is 5.51. The Labute approximate surface area is 85.8 Å². The van der Waals surface area contributed by atoms with Crippen LogP contribution in [-0.4, -0.2) is 17.6 Å². The van der Waals surface area contributed by atoms with E-state index in [4.69, 9.17) is 16.3 Å². The van der Waals surface area contributed by atoms with E-state index in [1.807, 2.05) is 0 Å². The summed E-state index contributed by atoms with van der Waals surface area (Å²) >= 11 is 6.17. The second-order valence-electron chi connectivity index (χ2n) is 4.89. The average Bonchev–Trinajstić information content (AvgIpc) is 1.97. The van der Waals surface area contributed by atoms with E-state index < -0.39 is 0 Å². The van der Waals surface area contributed by atoms with Crippen molar-refractivity contribution in [3.05, 3.63) is 0 Å². The van der Waals surface area contributed by atoms with Crippen LogP contribution in [0.5, 0.6) is 0 Å². The van der Waals surface area contributed by atoms with E-state index in [0.29, 0.717) is 5.38 Å². The van der Waals surface area contributed by atoms with Crippen LogP contribution < -0.4 is 0 Å². The summed E-state index contributed by atoms with van der Waals surface area (Å²) in [5, 5.41) is 0.346. The molecule has 2 aliphatic rings. The number of alkyl halides is 1. The highest BCUT2D eigenvalue weighted by Gasteiger charge is 2.36. The van der Waals surface area contributed by atoms with Crippen LogP contribution in [0.1, 0.15) is 45.4 Å². The molecule has 1 aliphatic carbocycles. The SMILES string of the molecule is CC1(CC2CCC2)CC(Cl)CCO1. The molecular weight excluding hydrogens is 184 g/mol. The van der Waals surface area contributed by atoms with Crippen LogP contribution in [0.25, 0.3) is 0 Å². The van der Waals surface area contributed by atoms with Gasteiger partial charge in [0.1, 0.15) is 0 Å². The monoisotopic (exact) mass is 202 g/mol. The molecule has 1 aliphatic heterocycles. The lowest BCUT2D eigenvalue weighted by Crippen LogP contribution is -2.40. The Balaban J connectivity index is 1.85. The highest BCUT2D eigenvalue weighted by molar-refractivity contribution is 6.20. The van der Waals surface area contributed by atoms with Crippen LogP contribution in [0.15, 0.2) is 0 Å². The Bertz CT molecular complexity index is 179. The Morgan fingerprint density at radius 2 is 2.15 bits per heavy atom. The van der Waals surface area contributed by atoms with E-state index in [2.05, 4.69) is 6.92 Å². The smallest absolute Gasteiger partial charge is 0.0671 e. The minimum absolute atomic E-state index is 0.0930. The lowest BCUT2D eigenvalue weighted by Gasteiger charge is -2.41. The van der Waals surface area contributed by atoms with Crippen LogP contribution in [-0.2, 0) is 4.74 Å². The zero-order valence-corrected chi connectivity index (χ0v) is 9.15. The Kier molecular flexibility index (Phi) is 2.85. The maximum Gasteiger partial charge on any atom is 0.0671 e. The zero-order chi connectivity index (χ0) is 9.31. The topological polar surface area (TPSA) is 9.23 Å². The third kappa shape index (κ3) is 2.38. The van der Waals surface area contributed by atoms with Gasteiger partial charge in [0.05, 0.1) is 5.60 Å². The number of ether oxygens (including phenoxy) is 1. The van der Waals surface area contributed by atoms with Crippen molar-refractivity contribution in [2.24, 2.45) is 5.92 Å². The standard InChI is InChI=1S/C11H19ClO/c1-11(7-9-3-2-4-9)8-10(12)5-6-13-11/h9-10H,2-8H2,1H3. The summed E-state index contributed by atoms with van der Waals surface area (Å²) in [6, 6.07) is 0. The molecule has 0 amide bonds. The van der Waals surface area contributed by atoms with Crippen molar-refractivity contribution in [2.45, 2.75) is 56.4 Å². The fraction of sp³-hybridized carbons (Fsp3) is 1.00. The molecule has 2 atom stereocenters. The van der Waals surface area contributed by atoms with Gasteiger partial charge in [0, 0.05) is 12.0 Å². The van der Waals surface area contributed by atoms with Crippen molar-refractivity contribution < 1.29 is 4.74 Å². The van der Waals surface area contributed by atoms with Crippen LogP contribution in [0.3, 0.4) is 0 Å². The summed E-state index contributed by atoms with van der Waals surface area (Å²) in [5.74, 6) is 0.923. The van der Waals surface area contributed by atoms with E-state index in [9.17, 15) is 0 Å². The number of rotatable bonds is 2. The third-order valence-electron chi connectivity index (χ3n) is 3.48. The summed E-state index contributed by atoms with van der Waals surface area (Å²) in [5.41, 5.74) is 0.0930. The van der Waals surface area contributed by atoms with Gasteiger partial charge in [-0.25, -0.2) is 0 Å². The fourth-order valence-electron chi connectivity index (χ4n) is 2.51. The molecule has 1 saturated carbocycles. The first-order valence-corrected chi connectivity index (χ1v) is 5.90. The molecule has 13 heavy (non-hydrogen) atoms. The Morgan fingerprint density at radius 1 is 1.38 bits per heavy atom. The summed E-state index contributed by atoms with van der Waals surface area (Å²) in [6.45, 7) is 3.09. The number of halogens is 1. The highest BCUT2D eigenvalue weighted by atomic mass is 35.5. The maximum absolute atomic E-state index is 6.17. The van der Waals surface area contributed by atoms with E-state index in [-0.39, 0.29) is 5.60 Å². The van der Waals surface area contributed by atoms with Crippen molar-refractivity contribution >= 4 is 11.6 Å². The van der Waals surface area contributed by atoms with Crippen LogP contribution in [0, 0.1) is 5.92 Å². The van der Waals surface area contributed by atoms with Crippen LogP contribution >= 0.6 is 11.6 Å². The van der Waals surface area contributed by atoms with Crippen molar-refractivity contribution in [2.75, 3.05) is 6.61 Å². The van der Waals surface area contributed by atoms with Gasteiger partial charge < -0.3 is 4.74 Å². The van der Waals surface area contributed by atoms with Gasteiger partial charge in [-0.3, -0.25) is 0 Å². The van der Waals surface area contributed by atoms with E-state index >= 15 is 0 Å². The van der Waals surface area contributed by atoms with Gasteiger partial charge >= 0.3 is 0 Å². The van der Waals surface area contributed by atoms with E-state index in [1.165, 1.54) is 25.7 Å². The molecule has 0 bridgehead atoms. The first-order chi connectivity index (χ1) is 6.18. The van der Waals surface area contributed by atoms with Gasteiger partial charge in [0.15, 0.2) is 0 Å². The van der Waals surface area contributed by atoms with Gasteiger partial charge in [0.2, 0.25) is 0 Å². The van der Waals surface area contributed by atoms with Gasteiger partial charge in [-0.15, -0.1) is 11.6 Å². The van der Waals surface area contributed by atoms with Crippen molar-refractivity contribution in [1.82, 2.24) is 0 Å². The van der Waals surface area contributed by atoms with E-state index in [1.54, 1.807) is 0 Å². The van der Waals surface area contributed by atoms with Gasteiger partial charge in [-0.05, 0) is 32.1 Å². The molecule has 2 unspecified atom stereocenters. The van der Waals surface area contributed by atoms with Crippen molar-refractivity contribution in [1.29, 1.82) is 0 Å². The number of hydrogen-bond donors (Lipinski definition) is 0. The second kappa shape index (κ2) is 3.78. The summed E-state index contributed by atoms with van der Waals surface area (Å²) in [7, 11) is 0. The molecule has 0 spiro atoms. The van der Waals surface area contributed by atoms with Crippen LogP contribution in [0.2, 0.25) is 0 Å². The predicted octanol–water partition coefficient (Wildman–Crippen LogP) is 3.35. The highest BCUT2D eigenvalue weighted by Crippen LogP contribution is 2.39. The summed E-state index contributed by atoms with van der Waals surface area (Å²) < 4.78 is 5.86. The zero-order valence-electron chi connectivity index (χ0n) is 8.39. The summed E-state index contributed by atoms with van der Waals surface area (Å²) in [4.78, 5) is 0.